The second kappa shape index (κ2) is 5.55. The van der Waals surface area contributed by atoms with E-state index in [9.17, 15) is 4.79 Å². The van der Waals surface area contributed by atoms with Gasteiger partial charge in [0.15, 0.2) is 5.78 Å². The monoisotopic (exact) mass is 246 g/mol. The second-order valence-corrected chi connectivity index (χ2v) is 5.46. The van der Waals surface area contributed by atoms with Gasteiger partial charge in [0.25, 0.3) is 0 Å². The second-order valence-electron chi connectivity index (χ2n) is 5.46. The number of fused-ring (bicyclic) bond motifs is 1. The fraction of sp³-hybridized carbons (Fsp3) is 0.562. The number of unbranched alkanes of at least 4 members (excludes halogenated alkanes) is 3. The lowest BCUT2D eigenvalue weighted by atomic mass is 9.87. The Bertz CT molecular complexity index is 425. The van der Waals surface area contributed by atoms with Gasteiger partial charge in [-0.05, 0) is 31.9 Å². The van der Waals surface area contributed by atoms with Crippen molar-refractivity contribution in [3.8, 4) is 5.75 Å². The van der Waals surface area contributed by atoms with E-state index in [2.05, 4.69) is 13.8 Å². The number of hydrogen-bond acceptors (Lipinski definition) is 2. The number of Topliss-reactive ketones (excluding diaryl/α,β-unsaturated/α-hetero) is 1. The predicted molar refractivity (Wildman–Crippen MR) is 73.2 cm³/mol. The Morgan fingerprint density at radius 1 is 1.22 bits per heavy atom. The van der Waals surface area contributed by atoms with E-state index in [-0.39, 0.29) is 11.4 Å². The molecule has 0 aliphatic carbocycles. The molecule has 0 saturated carbocycles. The zero-order valence-corrected chi connectivity index (χ0v) is 11.4. The van der Waals surface area contributed by atoms with Gasteiger partial charge in [-0.3, -0.25) is 4.79 Å². The van der Waals surface area contributed by atoms with Gasteiger partial charge in [0, 0.05) is 0 Å². The van der Waals surface area contributed by atoms with Gasteiger partial charge in [0.05, 0.1) is 12.0 Å². The average molecular weight is 246 g/mol. The van der Waals surface area contributed by atoms with Crippen LogP contribution in [0.1, 0.15) is 62.7 Å². The van der Waals surface area contributed by atoms with Crippen LogP contribution >= 0.6 is 0 Å². The van der Waals surface area contributed by atoms with E-state index in [1.54, 1.807) is 0 Å². The molecule has 0 spiro atoms. The van der Waals surface area contributed by atoms with Crippen LogP contribution < -0.4 is 4.74 Å². The Morgan fingerprint density at radius 2 is 2.00 bits per heavy atom. The fourth-order valence-electron chi connectivity index (χ4n) is 2.59. The van der Waals surface area contributed by atoms with Crippen molar-refractivity contribution in [1.29, 1.82) is 0 Å². The van der Waals surface area contributed by atoms with Crippen molar-refractivity contribution >= 4 is 5.78 Å². The van der Waals surface area contributed by atoms with E-state index in [0.717, 1.165) is 24.2 Å². The molecule has 1 unspecified atom stereocenters. The van der Waals surface area contributed by atoms with Gasteiger partial charge in [-0.15, -0.1) is 0 Å². The summed E-state index contributed by atoms with van der Waals surface area (Å²) in [7, 11) is 0. The topological polar surface area (TPSA) is 26.3 Å². The van der Waals surface area contributed by atoms with Crippen LogP contribution in [0.4, 0.5) is 0 Å². The minimum atomic E-state index is -0.306. The van der Waals surface area contributed by atoms with Crippen LogP contribution in [-0.4, -0.2) is 11.4 Å². The van der Waals surface area contributed by atoms with Crippen molar-refractivity contribution in [2.24, 2.45) is 0 Å². The van der Waals surface area contributed by atoms with Gasteiger partial charge in [-0.2, -0.15) is 0 Å². The zero-order chi connectivity index (χ0) is 13.0. The molecule has 1 aromatic carbocycles. The van der Waals surface area contributed by atoms with Crippen molar-refractivity contribution in [2.75, 3.05) is 0 Å². The van der Waals surface area contributed by atoms with Gasteiger partial charge < -0.3 is 4.74 Å². The third kappa shape index (κ3) is 2.92. The van der Waals surface area contributed by atoms with E-state index in [1.807, 2.05) is 24.3 Å². The minimum Gasteiger partial charge on any atom is -0.486 e. The quantitative estimate of drug-likeness (QED) is 0.721. The molecule has 1 heterocycles. The van der Waals surface area contributed by atoms with Gasteiger partial charge in [0.1, 0.15) is 11.4 Å². The molecule has 18 heavy (non-hydrogen) atoms. The first kappa shape index (κ1) is 13.1. The number of rotatable bonds is 5. The standard InChI is InChI=1S/C16H22O2/c1-3-4-5-8-11-16(2)12-14(17)13-9-6-7-10-15(13)18-16/h6-7,9-10H,3-5,8,11-12H2,1-2H3. The molecule has 0 bridgehead atoms. The van der Waals surface area contributed by atoms with E-state index in [4.69, 9.17) is 4.74 Å². The maximum Gasteiger partial charge on any atom is 0.170 e. The molecule has 0 aromatic heterocycles. The number of hydrogen-bond donors (Lipinski definition) is 0. The molecular formula is C16H22O2. The molecule has 0 amide bonds. The van der Waals surface area contributed by atoms with Crippen LogP contribution in [-0.2, 0) is 0 Å². The van der Waals surface area contributed by atoms with Crippen molar-refractivity contribution in [3.05, 3.63) is 29.8 Å². The lowest BCUT2D eigenvalue weighted by Crippen LogP contribution is -2.39. The lowest BCUT2D eigenvalue weighted by Gasteiger charge is -2.35. The molecule has 2 heteroatoms. The lowest BCUT2D eigenvalue weighted by molar-refractivity contribution is 0.0453. The Labute approximate surface area is 109 Å². The number of para-hydroxylation sites is 1. The van der Waals surface area contributed by atoms with E-state index in [0.29, 0.717) is 6.42 Å². The maximum absolute atomic E-state index is 12.1. The number of carbonyl (C=O) groups excluding carboxylic acids is 1. The van der Waals surface area contributed by atoms with E-state index in [1.165, 1.54) is 19.3 Å². The minimum absolute atomic E-state index is 0.217. The predicted octanol–water partition coefficient (Wildman–Crippen LogP) is 4.38. The maximum atomic E-state index is 12.1. The Balaban J connectivity index is 2.02. The summed E-state index contributed by atoms with van der Waals surface area (Å²) in [5, 5.41) is 0. The average Bonchev–Trinajstić information content (AvgIpc) is 2.35. The Hall–Kier alpha value is -1.31. The Morgan fingerprint density at radius 3 is 2.78 bits per heavy atom. The first-order valence-corrected chi connectivity index (χ1v) is 6.96. The SMILES string of the molecule is CCCCCCC1(C)CC(=O)c2ccccc2O1. The van der Waals surface area contributed by atoms with Gasteiger partial charge in [-0.1, -0.05) is 38.3 Å². The summed E-state index contributed by atoms with van der Waals surface area (Å²) in [6.07, 6.45) is 6.34. The van der Waals surface area contributed by atoms with Gasteiger partial charge in [-0.25, -0.2) is 0 Å². The fourth-order valence-corrected chi connectivity index (χ4v) is 2.59. The largest absolute Gasteiger partial charge is 0.486 e. The number of ketones is 1. The molecule has 0 radical (unpaired) electrons. The van der Waals surface area contributed by atoms with Crippen LogP contribution in [0.3, 0.4) is 0 Å². The van der Waals surface area contributed by atoms with Crippen LogP contribution in [0.25, 0.3) is 0 Å². The summed E-state index contributed by atoms with van der Waals surface area (Å²) >= 11 is 0. The summed E-state index contributed by atoms with van der Waals surface area (Å²) in [5.41, 5.74) is 0.433. The highest BCUT2D eigenvalue weighted by Crippen LogP contribution is 2.35. The molecule has 2 rings (SSSR count). The summed E-state index contributed by atoms with van der Waals surface area (Å²) in [5.74, 6) is 0.974. The summed E-state index contributed by atoms with van der Waals surface area (Å²) in [4.78, 5) is 12.1. The highest BCUT2D eigenvalue weighted by atomic mass is 16.5. The van der Waals surface area contributed by atoms with Crippen LogP contribution in [0.2, 0.25) is 0 Å². The van der Waals surface area contributed by atoms with Crippen molar-refractivity contribution in [3.63, 3.8) is 0 Å². The third-order valence-corrected chi connectivity index (χ3v) is 3.64. The molecule has 1 aliphatic rings. The summed E-state index contributed by atoms with van der Waals surface area (Å²) < 4.78 is 6.05. The molecule has 1 aliphatic heterocycles. The van der Waals surface area contributed by atoms with Gasteiger partial charge >= 0.3 is 0 Å². The van der Waals surface area contributed by atoms with Crippen molar-refractivity contribution in [2.45, 2.75) is 58.0 Å². The molecule has 98 valence electrons. The number of benzene rings is 1. The van der Waals surface area contributed by atoms with E-state index >= 15 is 0 Å². The van der Waals surface area contributed by atoms with Crippen LogP contribution in [0.15, 0.2) is 24.3 Å². The third-order valence-electron chi connectivity index (χ3n) is 3.64. The van der Waals surface area contributed by atoms with Crippen molar-refractivity contribution < 1.29 is 9.53 Å². The summed E-state index contributed by atoms with van der Waals surface area (Å²) in [6.45, 7) is 4.27. The summed E-state index contributed by atoms with van der Waals surface area (Å²) in [6, 6.07) is 7.57. The van der Waals surface area contributed by atoms with Crippen LogP contribution in [0.5, 0.6) is 5.75 Å². The molecule has 0 saturated heterocycles. The van der Waals surface area contributed by atoms with Crippen molar-refractivity contribution in [1.82, 2.24) is 0 Å². The normalized spacial score (nSPS) is 22.4. The molecule has 2 nitrogen and oxygen atoms in total. The smallest absolute Gasteiger partial charge is 0.170 e. The molecule has 1 atom stereocenters. The highest BCUT2D eigenvalue weighted by Gasteiger charge is 2.35. The molecular weight excluding hydrogens is 224 g/mol. The highest BCUT2D eigenvalue weighted by molar-refractivity contribution is 6.00. The number of ether oxygens (including phenoxy) is 1. The van der Waals surface area contributed by atoms with E-state index < -0.39 is 0 Å². The first-order valence-electron chi connectivity index (χ1n) is 6.96. The number of carbonyl (C=O) groups is 1. The zero-order valence-electron chi connectivity index (χ0n) is 11.4. The first-order chi connectivity index (χ1) is 8.64. The Kier molecular flexibility index (Phi) is 4.05. The van der Waals surface area contributed by atoms with Gasteiger partial charge in [0.2, 0.25) is 0 Å². The van der Waals surface area contributed by atoms with Crippen LogP contribution in [0, 0.1) is 0 Å². The molecule has 1 aromatic rings. The molecule has 0 fully saturated rings. The molecule has 0 N–H and O–H groups in total.